The van der Waals surface area contributed by atoms with E-state index in [-0.39, 0.29) is 13.2 Å². The number of ether oxygens (including phenoxy) is 5. The van der Waals surface area contributed by atoms with E-state index in [0.717, 1.165) is 24.0 Å². The predicted octanol–water partition coefficient (Wildman–Crippen LogP) is 6.35. The fourth-order valence-electron chi connectivity index (χ4n) is 4.36. The number of hydrogen-bond donors (Lipinski definition) is 1. The number of aryl methyl sites for hydroxylation is 2. The second kappa shape index (κ2) is 16.8. The fraction of sp³-hybridized carbons (Fsp3) is 0.500. The van der Waals surface area contributed by atoms with Crippen LogP contribution in [0.3, 0.4) is 0 Å². The van der Waals surface area contributed by atoms with Gasteiger partial charge in [0.2, 0.25) is 12.2 Å². The van der Waals surface area contributed by atoms with Crippen LogP contribution in [0.1, 0.15) is 30.9 Å². The monoisotopic (exact) mass is 626 g/mol. The molecule has 1 fully saturated rings. The van der Waals surface area contributed by atoms with E-state index >= 15 is 0 Å². The van der Waals surface area contributed by atoms with Crippen molar-refractivity contribution in [3.63, 3.8) is 0 Å². The van der Waals surface area contributed by atoms with Crippen LogP contribution in [0.2, 0.25) is 0 Å². The van der Waals surface area contributed by atoms with Crippen molar-refractivity contribution in [2.24, 2.45) is 5.11 Å². The number of rotatable bonds is 14. The molecule has 1 unspecified atom stereocenters. The molecule has 222 valence electrons. The van der Waals surface area contributed by atoms with Crippen LogP contribution >= 0.6 is 34.8 Å². The average Bonchev–Trinajstić information content (AvgIpc) is 2.95. The van der Waals surface area contributed by atoms with Crippen LogP contribution in [-0.2, 0) is 41.3 Å². The number of nitrogens with zero attached hydrogens (tertiary/aromatic N) is 3. The third-order valence-electron chi connectivity index (χ3n) is 6.27. The Morgan fingerprint density at radius 1 is 0.976 bits per heavy atom. The minimum absolute atomic E-state index is 0.202. The van der Waals surface area contributed by atoms with Gasteiger partial charge in [0, 0.05) is 25.0 Å². The Morgan fingerprint density at radius 2 is 1.51 bits per heavy atom. The molecular weight excluding hydrogens is 595 g/mol. The molecule has 0 amide bonds. The first-order valence-electron chi connectivity index (χ1n) is 13.2. The SMILES string of the molecule is CC(=O)OC[C@H]1OC(OC(=N)C(Cl)(Cl)Cl)[C@H](N=[N+]=[N-])[C@@H](OCCCc2ccccc2)[C@@H]1OCCCc1ccccc1. The molecule has 1 aliphatic heterocycles. The minimum atomic E-state index is -2.19. The van der Waals surface area contributed by atoms with Gasteiger partial charge in [-0.2, -0.15) is 0 Å². The van der Waals surface area contributed by atoms with Crippen LogP contribution in [0.5, 0.6) is 0 Å². The first kappa shape index (κ1) is 32.9. The Bertz CT molecular complexity index is 1150. The summed E-state index contributed by atoms with van der Waals surface area (Å²) in [4.78, 5) is 14.6. The number of nitrogens with one attached hydrogen (secondary N) is 1. The van der Waals surface area contributed by atoms with Crippen molar-refractivity contribution in [3.8, 4) is 0 Å². The lowest BCUT2D eigenvalue weighted by Gasteiger charge is -2.44. The van der Waals surface area contributed by atoms with E-state index in [0.29, 0.717) is 19.4 Å². The number of hydrogen-bond acceptors (Lipinski definition) is 8. The molecule has 0 bridgehead atoms. The quantitative estimate of drug-likeness (QED) is 0.0379. The Hall–Kier alpha value is -2.56. The van der Waals surface area contributed by atoms with Gasteiger partial charge >= 0.3 is 5.97 Å². The van der Waals surface area contributed by atoms with Gasteiger partial charge in [-0.05, 0) is 42.3 Å². The number of halogens is 3. The van der Waals surface area contributed by atoms with Crippen LogP contribution in [-0.4, -0.2) is 66.1 Å². The molecule has 1 heterocycles. The van der Waals surface area contributed by atoms with Gasteiger partial charge in [-0.3, -0.25) is 10.2 Å². The molecule has 0 saturated carbocycles. The van der Waals surface area contributed by atoms with Crippen molar-refractivity contribution in [1.82, 2.24) is 0 Å². The largest absolute Gasteiger partial charge is 0.463 e. The van der Waals surface area contributed by atoms with Crippen molar-refractivity contribution in [2.45, 2.75) is 67.0 Å². The molecule has 13 heteroatoms. The summed E-state index contributed by atoms with van der Waals surface area (Å²) in [5, 5.41) is 11.9. The Labute approximate surface area is 254 Å². The van der Waals surface area contributed by atoms with Crippen molar-refractivity contribution in [3.05, 3.63) is 82.2 Å². The third kappa shape index (κ3) is 11.0. The molecule has 2 aromatic rings. The zero-order valence-electron chi connectivity index (χ0n) is 22.5. The molecule has 2 aromatic carbocycles. The molecule has 0 spiro atoms. The summed E-state index contributed by atoms with van der Waals surface area (Å²) in [6, 6.07) is 18.8. The van der Waals surface area contributed by atoms with Gasteiger partial charge in [-0.15, -0.1) is 0 Å². The summed E-state index contributed by atoms with van der Waals surface area (Å²) >= 11 is 17.5. The van der Waals surface area contributed by atoms with Gasteiger partial charge in [0.15, 0.2) is 0 Å². The highest BCUT2D eigenvalue weighted by Gasteiger charge is 2.50. The van der Waals surface area contributed by atoms with E-state index in [1.807, 2.05) is 60.7 Å². The second-order valence-corrected chi connectivity index (χ2v) is 11.6. The fourth-order valence-corrected chi connectivity index (χ4v) is 4.49. The highest BCUT2D eigenvalue weighted by Crippen LogP contribution is 2.34. The van der Waals surface area contributed by atoms with Gasteiger partial charge in [0.25, 0.3) is 3.79 Å². The summed E-state index contributed by atoms with van der Waals surface area (Å²) < 4.78 is 27.1. The molecular formula is C28H33Cl3N4O6. The number of carbonyl (C=O) groups is 1. The standard InChI is InChI=1S/C28H33Cl3N4O6/c1-19(36)39-18-22-24(37-16-8-14-20-10-4-2-5-11-20)25(38-17-9-15-21-12-6-3-7-13-21)23(34-35-33)26(40-22)41-27(32)28(29,30)31/h2-7,10-13,22-26,32H,8-9,14-18H2,1H3/t22-,23-,24-,25-,26?/m1/s1. The summed E-state index contributed by atoms with van der Waals surface area (Å²) in [5.41, 5.74) is 11.7. The highest BCUT2D eigenvalue weighted by atomic mass is 35.6. The minimum Gasteiger partial charge on any atom is -0.463 e. The van der Waals surface area contributed by atoms with Gasteiger partial charge < -0.3 is 23.7 Å². The Morgan fingerprint density at radius 3 is 2.00 bits per heavy atom. The van der Waals surface area contributed by atoms with E-state index in [2.05, 4.69) is 10.0 Å². The van der Waals surface area contributed by atoms with E-state index < -0.39 is 46.3 Å². The molecule has 3 rings (SSSR count). The summed E-state index contributed by atoms with van der Waals surface area (Å²) in [6.07, 6.45) is -1.09. The van der Waals surface area contributed by atoms with Crippen molar-refractivity contribution >= 4 is 46.7 Å². The number of alkyl halides is 3. The molecule has 1 aliphatic rings. The molecule has 0 aromatic heterocycles. The maximum absolute atomic E-state index is 11.7. The summed E-state index contributed by atoms with van der Waals surface area (Å²) in [6.45, 7) is 1.68. The van der Waals surface area contributed by atoms with E-state index in [1.54, 1.807) is 0 Å². The van der Waals surface area contributed by atoms with Crippen molar-refractivity contribution in [2.75, 3.05) is 19.8 Å². The van der Waals surface area contributed by atoms with Crippen LogP contribution in [0.15, 0.2) is 65.8 Å². The van der Waals surface area contributed by atoms with E-state index in [9.17, 15) is 10.3 Å². The third-order valence-corrected chi connectivity index (χ3v) is 6.78. The average molecular weight is 628 g/mol. The maximum Gasteiger partial charge on any atom is 0.302 e. The lowest BCUT2D eigenvalue weighted by molar-refractivity contribution is -0.263. The zero-order chi connectivity index (χ0) is 29.7. The first-order valence-corrected chi connectivity index (χ1v) is 14.3. The summed E-state index contributed by atoms with van der Waals surface area (Å²) in [5.74, 6) is -1.26. The Kier molecular flexibility index (Phi) is 13.5. The molecule has 5 atom stereocenters. The predicted molar refractivity (Wildman–Crippen MR) is 156 cm³/mol. The molecule has 0 aliphatic carbocycles. The van der Waals surface area contributed by atoms with Crippen molar-refractivity contribution < 1.29 is 28.5 Å². The van der Waals surface area contributed by atoms with Gasteiger partial charge in [0.05, 0.1) is 0 Å². The number of azide groups is 1. The van der Waals surface area contributed by atoms with Gasteiger partial charge in [-0.1, -0.05) is 101 Å². The summed E-state index contributed by atoms with van der Waals surface area (Å²) in [7, 11) is 0. The smallest absolute Gasteiger partial charge is 0.302 e. The van der Waals surface area contributed by atoms with E-state index in [1.165, 1.54) is 6.92 Å². The van der Waals surface area contributed by atoms with Crippen molar-refractivity contribution in [1.29, 1.82) is 5.41 Å². The molecule has 41 heavy (non-hydrogen) atoms. The zero-order valence-corrected chi connectivity index (χ0v) is 24.8. The first-order chi connectivity index (χ1) is 19.7. The second-order valence-electron chi connectivity index (χ2n) is 9.33. The molecule has 1 N–H and O–H groups in total. The number of carbonyl (C=O) groups excluding carboxylic acids is 1. The lowest BCUT2D eigenvalue weighted by atomic mass is 9.96. The maximum atomic E-state index is 11.7. The number of benzene rings is 2. The van der Waals surface area contributed by atoms with Crippen LogP contribution in [0.25, 0.3) is 10.4 Å². The topological polar surface area (TPSA) is 136 Å². The highest BCUT2D eigenvalue weighted by molar-refractivity contribution is 6.76. The van der Waals surface area contributed by atoms with Gasteiger partial charge in [-0.25, -0.2) is 0 Å². The van der Waals surface area contributed by atoms with Gasteiger partial charge in [0.1, 0.15) is 31.0 Å². The molecule has 0 radical (unpaired) electrons. The van der Waals surface area contributed by atoms with Crippen LogP contribution in [0, 0.1) is 5.41 Å². The van der Waals surface area contributed by atoms with Crippen LogP contribution in [0.4, 0.5) is 0 Å². The van der Waals surface area contributed by atoms with Crippen LogP contribution < -0.4 is 0 Å². The number of esters is 1. The molecule has 1 saturated heterocycles. The Balaban J connectivity index is 1.81. The molecule has 10 nitrogen and oxygen atoms in total. The normalized spacial score (nSPS) is 22.4. The van der Waals surface area contributed by atoms with E-state index in [4.69, 9.17) is 63.9 Å². The lowest BCUT2D eigenvalue weighted by Crippen LogP contribution is -2.61.